The van der Waals surface area contributed by atoms with E-state index in [0.717, 1.165) is 32.2 Å². The van der Waals surface area contributed by atoms with E-state index in [2.05, 4.69) is 9.88 Å². The number of piperidine rings is 1. The van der Waals surface area contributed by atoms with Gasteiger partial charge in [0, 0.05) is 30.4 Å². The summed E-state index contributed by atoms with van der Waals surface area (Å²) in [6.45, 7) is 4.25. The molecule has 0 unspecified atom stereocenters. The zero-order chi connectivity index (χ0) is 31.7. The van der Waals surface area contributed by atoms with Crippen LogP contribution in [0.5, 0.6) is 11.8 Å². The fourth-order valence-corrected chi connectivity index (χ4v) is 7.83. The molecular weight excluding hydrogens is 581 g/mol. The van der Waals surface area contributed by atoms with Gasteiger partial charge in [-0.05, 0) is 111 Å². The molecule has 2 saturated carbocycles. The lowest BCUT2D eigenvalue weighted by atomic mass is 9.62. The number of fused-ring (bicyclic) bond motifs is 2. The van der Waals surface area contributed by atoms with Crippen LogP contribution in [0.15, 0.2) is 30.3 Å². The van der Waals surface area contributed by atoms with Gasteiger partial charge >= 0.3 is 6.01 Å². The van der Waals surface area contributed by atoms with E-state index in [4.69, 9.17) is 9.72 Å². The van der Waals surface area contributed by atoms with Gasteiger partial charge in [-0.3, -0.25) is 0 Å². The molecule has 1 aliphatic heterocycles. The molecule has 10 heteroatoms. The Balaban J connectivity index is 1.40. The van der Waals surface area contributed by atoms with Gasteiger partial charge in [0.25, 0.3) is 0 Å². The maximum absolute atomic E-state index is 16.9. The minimum absolute atomic E-state index is 0.0210. The maximum atomic E-state index is 16.9. The highest BCUT2D eigenvalue weighted by molar-refractivity contribution is 6.03. The highest BCUT2D eigenvalue weighted by atomic mass is 19.1. The molecule has 1 spiro atoms. The first-order valence-electron chi connectivity index (χ1n) is 15.9. The lowest BCUT2D eigenvalue weighted by Gasteiger charge is -2.51. The van der Waals surface area contributed by atoms with Crippen LogP contribution in [-0.2, 0) is 6.42 Å². The number of phenols is 1. The number of hydrogen-bond acceptors (Lipinski definition) is 7. The molecule has 3 fully saturated rings. The molecule has 1 saturated heterocycles. The Morgan fingerprint density at radius 2 is 1.82 bits per heavy atom. The summed E-state index contributed by atoms with van der Waals surface area (Å²) in [5, 5.41) is 21.7. The van der Waals surface area contributed by atoms with Crippen LogP contribution in [0.3, 0.4) is 0 Å². The molecule has 2 heterocycles. The summed E-state index contributed by atoms with van der Waals surface area (Å²) in [4.78, 5) is 13.4. The molecular formula is C35H39F3N4O3. The smallest absolute Gasteiger partial charge is 0.319 e. The molecule has 4 aromatic rings. The number of phenolic OH excluding ortho intramolecular Hbond substituents is 1. The first-order valence-corrected chi connectivity index (χ1v) is 15.9. The molecule has 1 aromatic heterocycles. The highest BCUT2D eigenvalue weighted by Gasteiger charge is 2.47. The Morgan fingerprint density at radius 3 is 2.51 bits per heavy atom. The fourth-order valence-electron chi connectivity index (χ4n) is 7.83. The summed E-state index contributed by atoms with van der Waals surface area (Å²) >= 11 is 0. The van der Waals surface area contributed by atoms with Crippen molar-refractivity contribution in [2.45, 2.75) is 58.0 Å². The van der Waals surface area contributed by atoms with Crippen molar-refractivity contribution in [2.24, 2.45) is 10.8 Å². The number of aliphatic hydroxyl groups is 1. The van der Waals surface area contributed by atoms with Gasteiger partial charge in [0.1, 0.15) is 28.7 Å². The number of rotatable bonds is 8. The monoisotopic (exact) mass is 620 g/mol. The summed E-state index contributed by atoms with van der Waals surface area (Å²) in [6, 6.07) is 6.82. The third-order valence-electron chi connectivity index (χ3n) is 10.0. The average Bonchev–Trinajstić information content (AvgIpc) is 3.74. The van der Waals surface area contributed by atoms with Gasteiger partial charge in [-0.2, -0.15) is 9.97 Å². The van der Waals surface area contributed by atoms with E-state index < -0.39 is 17.5 Å². The quantitative estimate of drug-likeness (QED) is 0.230. The van der Waals surface area contributed by atoms with E-state index in [0.29, 0.717) is 61.1 Å². The summed E-state index contributed by atoms with van der Waals surface area (Å²) in [6.07, 6.45) is 5.21. The predicted octanol–water partition coefficient (Wildman–Crippen LogP) is 6.60. The van der Waals surface area contributed by atoms with Crippen LogP contribution in [0.2, 0.25) is 0 Å². The SMILES string of the molecule is CCc1c(F)ccc2cc(O)cc(-c3c(F)cc4c(N5CCCC6(CC(O)C6)C5)nc(OCC5(CN(C)C)CC5)nc4c3F)c12. The topological polar surface area (TPSA) is 82.0 Å². The number of halogens is 3. The molecule has 0 atom stereocenters. The van der Waals surface area contributed by atoms with Crippen LogP contribution in [-0.4, -0.2) is 71.5 Å². The maximum Gasteiger partial charge on any atom is 0.319 e. The normalized spacial score (nSPS) is 22.4. The molecule has 7 rings (SSSR count). The molecule has 3 aromatic carbocycles. The molecule has 2 aliphatic carbocycles. The van der Waals surface area contributed by atoms with Crippen molar-refractivity contribution < 1.29 is 28.1 Å². The number of hydrogen-bond donors (Lipinski definition) is 2. The van der Waals surface area contributed by atoms with Crippen molar-refractivity contribution in [2.75, 3.05) is 45.2 Å². The molecule has 2 N–H and O–H groups in total. The molecule has 0 radical (unpaired) electrons. The standard InChI is InChI=1S/C35H39F3N4O3/c1-4-23-26(36)7-6-20-12-21(43)13-24(28(20)23)29-27(37)14-25-31(30(29)38)39-33(45-19-34(9-10-34)17-41(2)3)40-32(25)42-11-5-8-35(18-42)15-22(44)16-35/h6-7,12-14,22,43-44H,4-5,8-11,15-19H2,1-3H3. The third-order valence-corrected chi connectivity index (χ3v) is 10.0. The highest BCUT2D eigenvalue weighted by Crippen LogP contribution is 2.50. The van der Waals surface area contributed by atoms with Crippen molar-refractivity contribution in [3.8, 4) is 22.9 Å². The van der Waals surface area contributed by atoms with E-state index in [-0.39, 0.29) is 50.7 Å². The van der Waals surface area contributed by atoms with E-state index in [9.17, 15) is 14.6 Å². The summed E-state index contributed by atoms with van der Waals surface area (Å²) in [5.74, 6) is -2.04. The van der Waals surface area contributed by atoms with Crippen molar-refractivity contribution in [1.29, 1.82) is 0 Å². The van der Waals surface area contributed by atoms with E-state index in [1.165, 1.54) is 30.3 Å². The number of aromatic hydroxyl groups is 1. The van der Waals surface area contributed by atoms with Gasteiger partial charge in [-0.25, -0.2) is 13.2 Å². The van der Waals surface area contributed by atoms with Gasteiger partial charge in [0.15, 0.2) is 5.82 Å². The number of aryl methyl sites for hydroxylation is 1. The van der Waals surface area contributed by atoms with Crippen molar-refractivity contribution in [3.05, 3.63) is 53.3 Å². The van der Waals surface area contributed by atoms with E-state index in [1.807, 2.05) is 19.0 Å². The number of ether oxygens (including phenoxy) is 1. The van der Waals surface area contributed by atoms with Crippen LogP contribution < -0.4 is 9.64 Å². The van der Waals surface area contributed by atoms with Gasteiger partial charge in [0.05, 0.1) is 18.3 Å². The molecule has 0 bridgehead atoms. The summed E-state index contributed by atoms with van der Waals surface area (Å²) < 4.78 is 54.3. The van der Waals surface area contributed by atoms with Crippen molar-refractivity contribution in [1.82, 2.24) is 14.9 Å². The van der Waals surface area contributed by atoms with Gasteiger partial charge in [0.2, 0.25) is 0 Å². The largest absolute Gasteiger partial charge is 0.508 e. The Bertz CT molecular complexity index is 1800. The zero-order valence-corrected chi connectivity index (χ0v) is 26.0. The van der Waals surface area contributed by atoms with Crippen LogP contribution in [0, 0.1) is 28.3 Å². The number of aromatic nitrogens is 2. The zero-order valence-electron chi connectivity index (χ0n) is 26.0. The van der Waals surface area contributed by atoms with Gasteiger partial charge in [-0.15, -0.1) is 0 Å². The molecule has 3 aliphatic rings. The second kappa shape index (κ2) is 11.0. The number of anilines is 1. The first-order chi connectivity index (χ1) is 21.5. The predicted molar refractivity (Wildman–Crippen MR) is 168 cm³/mol. The van der Waals surface area contributed by atoms with Crippen molar-refractivity contribution in [3.63, 3.8) is 0 Å². The average molecular weight is 621 g/mol. The molecule has 238 valence electrons. The summed E-state index contributed by atoms with van der Waals surface area (Å²) in [7, 11) is 4.03. The van der Waals surface area contributed by atoms with Gasteiger partial charge in [-0.1, -0.05) is 13.0 Å². The third kappa shape index (κ3) is 5.35. The van der Waals surface area contributed by atoms with Crippen molar-refractivity contribution >= 4 is 27.5 Å². The Labute approximate surface area is 260 Å². The van der Waals surface area contributed by atoms with Crippen LogP contribution in [0.1, 0.15) is 51.0 Å². The molecule has 0 amide bonds. The summed E-state index contributed by atoms with van der Waals surface area (Å²) in [5.41, 5.74) is -0.189. The minimum atomic E-state index is -0.920. The lowest BCUT2D eigenvalue weighted by Crippen LogP contribution is -2.52. The Hall–Kier alpha value is -3.63. The first kappa shape index (κ1) is 30.0. The second-order valence-electron chi connectivity index (χ2n) is 13.9. The molecule has 7 nitrogen and oxygen atoms in total. The Kier molecular flexibility index (Phi) is 7.35. The van der Waals surface area contributed by atoms with Gasteiger partial charge < -0.3 is 24.7 Å². The number of benzene rings is 3. The lowest BCUT2D eigenvalue weighted by molar-refractivity contribution is -0.0396. The fraction of sp³-hybridized carbons (Fsp3) is 0.486. The van der Waals surface area contributed by atoms with E-state index >= 15 is 8.78 Å². The second-order valence-corrected chi connectivity index (χ2v) is 13.9. The van der Waals surface area contributed by atoms with Crippen LogP contribution in [0.25, 0.3) is 32.8 Å². The number of nitrogens with zero attached hydrogens (tertiary/aromatic N) is 4. The molecule has 45 heavy (non-hydrogen) atoms. The van der Waals surface area contributed by atoms with E-state index in [1.54, 1.807) is 6.92 Å². The number of aliphatic hydroxyl groups excluding tert-OH is 1. The minimum Gasteiger partial charge on any atom is -0.508 e. The van der Waals surface area contributed by atoms with Crippen LogP contribution in [0.4, 0.5) is 19.0 Å². The van der Waals surface area contributed by atoms with Crippen LogP contribution >= 0.6 is 0 Å². The Morgan fingerprint density at radius 1 is 1.04 bits per heavy atom.